The molecule has 0 heterocycles. The molecule has 0 aromatic heterocycles. The lowest BCUT2D eigenvalue weighted by Crippen LogP contribution is -2.18. The highest BCUT2D eigenvalue weighted by Gasteiger charge is 2.03. The van der Waals surface area contributed by atoms with Crippen LogP contribution in [0.15, 0.2) is 36.4 Å². The van der Waals surface area contributed by atoms with Crippen LogP contribution in [0.5, 0.6) is 0 Å². The first-order chi connectivity index (χ1) is 9.56. The average Bonchev–Trinajstić information content (AvgIpc) is 2.40. The van der Waals surface area contributed by atoms with Gasteiger partial charge in [0.1, 0.15) is 11.6 Å². The highest BCUT2D eigenvalue weighted by molar-refractivity contribution is 5.27. The summed E-state index contributed by atoms with van der Waals surface area (Å²) in [5.74, 6) is -0.387. The summed E-state index contributed by atoms with van der Waals surface area (Å²) in [6, 6.07) is 9.93. The van der Waals surface area contributed by atoms with E-state index in [4.69, 9.17) is 0 Å². The number of nitrogens with one attached hydrogen (secondary N) is 1. The van der Waals surface area contributed by atoms with E-state index >= 15 is 0 Å². The second-order valence-electron chi connectivity index (χ2n) is 5.09. The molecule has 1 N–H and O–H groups in total. The molecule has 0 amide bonds. The predicted octanol–water partition coefficient (Wildman–Crippen LogP) is 3.91. The lowest BCUT2D eigenvalue weighted by atomic mass is 10.1. The Morgan fingerprint density at radius 1 is 0.950 bits per heavy atom. The molecule has 2 aromatic rings. The minimum atomic E-state index is -0.207. The molecule has 0 fully saturated rings. The van der Waals surface area contributed by atoms with Gasteiger partial charge < -0.3 is 5.32 Å². The third kappa shape index (κ3) is 3.87. The van der Waals surface area contributed by atoms with E-state index in [1.807, 2.05) is 19.9 Å². The molecule has 0 aliphatic rings. The number of hydrogen-bond acceptors (Lipinski definition) is 1. The second-order valence-corrected chi connectivity index (χ2v) is 5.09. The monoisotopic (exact) mass is 275 g/mol. The number of benzene rings is 2. The number of rotatable bonds is 5. The lowest BCUT2D eigenvalue weighted by molar-refractivity contribution is 0.587. The molecule has 106 valence electrons. The van der Waals surface area contributed by atoms with Crippen LogP contribution in [0.25, 0.3) is 0 Å². The van der Waals surface area contributed by atoms with Gasteiger partial charge >= 0.3 is 0 Å². The number of halogens is 2. The third-order valence-corrected chi connectivity index (χ3v) is 3.39. The molecule has 0 saturated heterocycles. The van der Waals surface area contributed by atoms with Gasteiger partial charge in [0.05, 0.1) is 0 Å². The van der Waals surface area contributed by atoms with Gasteiger partial charge in [-0.1, -0.05) is 23.8 Å². The normalized spacial score (nSPS) is 10.8. The Balaban J connectivity index is 1.86. The van der Waals surface area contributed by atoms with Gasteiger partial charge in [-0.15, -0.1) is 0 Å². The van der Waals surface area contributed by atoms with E-state index in [1.54, 1.807) is 12.1 Å². The van der Waals surface area contributed by atoms with Crippen molar-refractivity contribution in [3.8, 4) is 0 Å². The minimum Gasteiger partial charge on any atom is -0.312 e. The molecule has 0 bridgehead atoms. The molecular formula is C17H19F2N. The summed E-state index contributed by atoms with van der Waals surface area (Å²) in [7, 11) is 0. The van der Waals surface area contributed by atoms with Crippen LogP contribution < -0.4 is 5.32 Å². The van der Waals surface area contributed by atoms with E-state index in [0.29, 0.717) is 12.1 Å². The largest absolute Gasteiger partial charge is 0.312 e. The summed E-state index contributed by atoms with van der Waals surface area (Å²) in [6.07, 6.45) is 0.805. The van der Waals surface area contributed by atoms with E-state index in [2.05, 4.69) is 5.32 Å². The molecule has 0 atom stereocenters. The summed E-state index contributed by atoms with van der Waals surface area (Å²) in [5.41, 5.74) is 3.80. The maximum absolute atomic E-state index is 13.5. The maximum atomic E-state index is 13.5. The van der Waals surface area contributed by atoms with Crippen LogP contribution in [-0.2, 0) is 13.0 Å². The maximum Gasteiger partial charge on any atom is 0.127 e. The van der Waals surface area contributed by atoms with E-state index in [-0.39, 0.29) is 11.6 Å². The molecule has 2 aromatic carbocycles. The van der Waals surface area contributed by atoms with E-state index in [9.17, 15) is 8.78 Å². The first kappa shape index (κ1) is 14.7. The molecule has 0 unspecified atom stereocenters. The molecule has 20 heavy (non-hydrogen) atoms. The van der Waals surface area contributed by atoms with E-state index in [1.165, 1.54) is 18.2 Å². The zero-order valence-electron chi connectivity index (χ0n) is 11.8. The van der Waals surface area contributed by atoms with Crippen LogP contribution in [0.3, 0.4) is 0 Å². The van der Waals surface area contributed by atoms with Gasteiger partial charge in [0.2, 0.25) is 0 Å². The Bertz CT molecular complexity index is 594. The molecule has 0 spiro atoms. The summed E-state index contributed by atoms with van der Waals surface area (Å²) < 4.78 is 26.5. The second kappa shape index (κ2) is 6.62. The van der Waals surface area contributed by atoms with Crippen LogP contribution >= 0.6 is 0 Å². The molecule has 1 nitrogen and oxygen atoms in total. The first-order valence-electron chi connectivity index (χ1n) is 6.77. The van der Waals surface area contributed by atoms with Gasteiger partial charge in [0.15, 0.2) is 0 Å². The van der Waals surface area contributed by atoms with Crippen molar-refractivity contribution in [3.05, 3.63) is 70.3 Å². The van der Waals surface area contributed by atoms with Crippen molar-refractivity contribution >= 4 is 0 Å². The Hall–Kier alpha value is -1.74. The molecule has 0 aliphatic carbocycles. The van der Waals surface area contributed by atoms with Crippen molar-refractivity contribution < 1.29 is 8.78 Å². The van der Waals surface area contributed by atoms with Crippen LogP contribution in [0.2, 0.25) is 0 Å². The standard InChI is InChI=1S/C17H19F2N/c1-12-3-6-17(19)15(9-12)11-20-8-7-14-4-5-16(18)10-13(14)2/h3-6,9-10,20H,7-8,11H2,1-2H3. The van der Waals surface area contributed by atoms with E-state index in [0.717, 1.165) is 29.7 Å². The Morgan fingerprint density at radius 3 is 2.50 bits per heavy atom. The summed E-state index contributed by atoms with van der Waals surface area (Å²) in [6.45, 7) is 5.09. The van der Waals surface area contributed by atoms with Gasteiger partial charge in [-0.25, -0.2) is 8.78 Å². The van der Waals surface area contributed by atoms with E-state index < -0.39 is 0 Å². The quantitative estimate of drug-likeness (QED) is 0.816. The van der Waals surface area contributed by atoms with Gasteiger partial charge in [-0.2, -0.15) is 0 Å². The zero-order valence-corrected chi connectivity index (χ0v) is 11.8. The Morgan fingerprint density at radius 2 is 1.75 bits per heavy atom. The molecule has 3 heteroatoms. The van der Waals surface area contributed by atoms with Crippen molar-refractivity contribution in [2.45, 2.75) is 26.8 Å². The molecule has 0 saturated carbocycles. The summed E-state index contributed by atoms with van der Waals surface area (Å²) in [4.78, 5) is 0. The van der Waals surface area contributed by atoms with Crippen molar-refractivity contribution in [1.82, 2.24) is 5.32 Å². The lowest BCUT2D eigenvalue weighted by Gasteiger charge is -2.09. The molecular weight excluding hydrogens is 256 g/mol. The van der Waals surface area contributed by atoms with Crippen molar-refractivity contribution in [2.75, 3.05) is 6.54 Å². The fourth-order valence-electron chi connectivity index (χ4n) is 2.22. The smallest absolute Gasteiger partial charge is 0.127 e. The van der Waals surface area contributed by atoms with Gasteiger partial charge in [-0.3, -0.25) is 0 Å². The highest BCUT2D eigenvalue weighted by Crippen LogP contribution is 2.11. The van der Waals surface area contributed by atoms with Gasteiger partial charge in [0, 0.05) is 12.1 Å². The highest BCUT2D eigenvalue weighted by atomic mass is 19.1. The SMILES string of the molecule is Cc1ccc(F)c(CNCCc2ccc(F)cc2C)c1. The van der Waals surface area contributed by atoms with Crippen LogP contribution in [0.4, 0.5) is 8.78 Å². The van der Waals surface area contributed by atoms with Crippen molar-refractivity contribution in [3.63, 3.8) is 0 Å². The molecule has 0 aliphatic heterocycles. The zero-order chi connectivity index (χ0) is 14.5. The predicted molar refractivity (Wildman–Crippen MR) is 77.7 cm³/mol. The minimum absolute atomic E-state index is 0.180. The van der Waals surface area contributed by atoms with Crippen LogP contribution in [-0.4, -0.2) is 6.54 Å². The summed E-state index contributed by atoms with van der Waals surface area (Å²) in [5, 5.41) is 3.23. The van der Waals surface area contributed by atoms with Crippen LogP contribution in [0, 0.1) is 25.5 Å². The van der Waals surface area contributed by atoms with Gasteiger partial charge in [-0.05, 0) is 56.1 Å². The fourth-order valence-corrected chi connectivity index (χ4v) is 2.22. The first-order valence-corrected chi connectivity index (χ1v) is 6.77. The van der Waals surface area contributed by atoms with Crippen LogP contribution in [0.1, 0.15) is 22.3 Å². The summed E-state index contributed by atoms with van der Waals surface area (Å²) >= 11 is 0. The topological polar surface area (TPSA) is 12.0 Å². The van der Waals surface area contributed by atoms with Crippen molar-refractivity contribution in [1.29, 1.82) is 0 Å². The Kier molecular flexibility index (Phi) is 4.85. The molecule has 2 rings (SSSR count). The number of hydrogen-bond donors (Lipinski definition) is 1. The molecule has 0 radical (unpaired) electrons. The number of aryl methyl sites for hydroxylation is 2. The van der Waals surface area contributed by atoms with Gasteiger partial charge in [0.25, 0.3) is 0 Å². The average molecular weight is 275 g/mol. The van der Waals surface area contributed by atoms with Crippen molar-refractivity contribution in [2.24, 2.45) is 0 Å². The third-order valence-electron chi connectivity index (χ3n) is 3.39. The Labute approximate surface area is 118 Å². The fraction of sp³-hybridized carbons (Fsp3) is 0.294.